The average molecular weight is 529 g/mol. The summed E-state index contributed by atoms with van der Waals surface area (Å²) in [5, 5.41) is 12.6. The van der Waals surface area contributed by atoms with Crippen LogP contribution in [0.25, 0.3) is 33.4 Å². The number of amides is 1. The molecule has 4 aromatic rings. The van der Waals surface area contributed by atoms with Gasteiger partial charge in [0.25, 0.3) is 5.88 Å². The second-order valence-electron chi connectivity index (χ2n) is 10.7. The van der Waals surface area contributed by atoms with Gasteiger partial charge in [-0.3, -0.25) is 4.79 Å². The van der Waals surface area contributed by atoms with Gasteiger partial charge in [-0.05, 0) is 57.2 Å². The smallest absolute Gasteiger partial charge is 0.408 e. The number of alkyl carbamates (subject to hydrolysis) is 1. The van der Waals surface area contributed by atoms with E-state index in [0.29, 0.717) is 22.3 Å². The molecule has 0 radical (unpaired) electrons. The monoisotopic (exact) mass is 528 g/mol. The van der Waals surface area contributed by atoms with Crippen molar-refractivity contribution in [2.45, 2.75) is 51.2 Å². The second kappa shape index (κ2) is 10.5. The Morgan fingerprint density at radius 3 is 2.38 bits per heavy atom. The predicted octanol–water partition coefficient (Wildman–Crippen LogP) is 5.80. The molecule has 8 nitrogen and oxygen atoms in total. The molecule has 2 aromatic carbocycles. The average Bonchev–Trinajstić information content (AvgIpc) is 2.89. The fraction of sp³-hybridized carbons (Fsp3) is 0.323. The van der Waals surface area contributed by atoms with Crippen molar-refractivity contribution >= 4 is 17.1 Å². The summed E-state index contributed by atoms with van der Waals surface area (Å²) in [7, 11) is 0. The highest BCUT2D eigenvalue weighted by Crippen LogP contribution is 2.42. The molecule has 0 bridgehead atoms. The van der Waals surface area contributed by atoms with E-state index in [2.05, 4.69) is 10.3 Å². The minimum Gasteiger partial charge on any atom is -0.473 e. The van der Waals surface area contributed by atoms with Crippen LogP contribution in [-0.4, -0.2) is 35.0 Å². The van der Waals surface area contributed by atoms with Crippen molar-refractivity contribution in [3.05, 3.63) is 82.6 Å². The molecule has 202 valence electrons. The van der Waals surface area contributed by atoms with Crippen molar-refractivity contribution < 1.29 is 23.8 Å². The minimum atomic E-state index is -0.588. The zero-order valence-electron chi connectivity index (χ0n) is 22.3. The number of carbonyl (C=O) groups excluding carboxylic acids is 1. The zero-order valence-corrected chi connectivity index (χ0v) is 22.3. The molecule has 8 heteroatoms. The van der Waals surface area contributed by atoms with Gasteiger partial charge in [0.2, 0.25) is 11.0 Å². The molecule has 2 heterocycles. The van der Waals surface area contributed by atoms with E-state index >= 15 is 0 Å². The summed E-state index contributed by atoms with van der Waals surface area (Å²) >= 11 is 0. The van der Waals surface area contributed by atoms with Gasteiger partial charge in [0.1, 0.15) is 18.0 Å². The number of hydrogen-bond acceptors (Lipinski definition) is 7. The first-order chi connectivity index (χ1) is 18.7. The number of rotatable bonds is 7. The summed E-state index contributed by atoms with van der Waals surface area (Å²) in [5.41, 5.74) is 1.72. The van der Waals surface area contributed by atoms with Crippen LogP contribution in [0.3, 0.4) is 0 Å². The van der Waals surface area contributed by atoms with Gasteiger partial charge in [0.05, 0.1) is 23.1 Å². The number of pyridine rings is 1. The zero-order chi connectivity index (χ0) is 27.6. The number of aliphatic hydroxyl groups excluding tert-OH is 1. The number of hydrogen-bond donors (Lipinski definition) is 2. The molecule has 5 rings (SSSR count). The number of nitrogens with one attached hydrogen (secondary N) is 1. The third-order valence-corrected chi connectivity index (χ3v) is 6.81. The molecular weight excluding hydrogens is 496 g/mol. The van der Waals surface area contributed by atoms with Crippen LogP contribution in [0.5, 0.6) is 5.88 Å². The lowest BCUT2D eigenvalue weighted by molar-refractivity contribution is 0.0377. The van der Waals surface area contributed by atoms with Crippen LogP contribution in [0.2, 0.25) is 0 Å². The SMILES string of the molecule is CC(C)(C)OC(=O)NC1(c2ccc(-c3c(-c4ccccc4)oc4c(OCCO)nccc4c3=O)cc2)CCC1. The van der Waals surface area contributed by atoms with Crippen LogP contribution in [0.4, 0.5) is 4.79 Å². The van der Waals surface area contributed by atoms with Crippen LogP contribution in [0.1, 0.15) is 45.6 Å². The van der Waals surface area contributed by atoms with Gasteiger partial charge in [-0.15, -0.1) is 0 Å². The molecule has 0 saturated heterocycles. The Labute approximate surface area is 226 Å². The van der Waals surface area contributed by atoms with Crippen LogP contribution in [0, 0.1) is 0 Å². The van der Waals surface area contributed by atoms with Gasteiger partial charge in [0.15, 0.2) is 0 Å². The molecule has 1 fully saturated rings. The first-order valence-electron chi connectivity index (χ1n) is 13.1. The van der Waals surface area contributed by atoms with E-state index in [-0.39, 0.29) is 30.1 Å². The Bertz CT molecular complexity index is 1530. The molecule has 1 amide bonds. The summed E-state index contributed by atoms with van der Waals surface area (Å²) in [4.78, 5) is 30.7. The fourth-order valence-corrected chi connectivity index (χ4v) is 4.87. The van der Waals surface area contributed by atoms with Crippen molar-refractivity contribution in [2.75, 3.05) is 13.2 Å². The Hall–Kier alpha value is -4.17. The molecule has 39 heavy (non-hydrogen) atoms. The molecular formula is C31H32N2O6. The third-order valence-electron chi connectivity index (χ3n) is 6.81. The quantitative estimate of drug-likeness (QED) is 0.312. The Kier molecular flexibility index (Phi) is 7.14. The fourth-order valence-electron chi connectivity index (χ4n) is 4.87. The number of benzene rings is 2. The van der Waals surface area contributed by atoms with Crippen molar-refractivity contribution in [2.24, 2.45) is 0 Å². The molecule has 2 aromatic heterocycles. The first kappa shape index (κ1) is 26.4. The molecule has 0 spiro atoms. The lowest BCUT2D eigenvalue weighted by Gasteiger charge is -2.43. The summed E-state index contributed by atoms with van der Waals surface area (Å²) in [6.07, 6.45) is 3.66. The topological polar surface area (TPSA) is 111 Å². The van der Waals surface area contributed by atoms with Gasteiger partial charge in [-0.25, -0.2) is 9.78 Å². The second-order valence-corrected chi connectivity index (χ2v) is 10.7. The molecule has 0 unspecified atom stereocenters. The van der Waals surface area contributed by atoms with Gasteiger partial charge >= 0.3 is 6.09 Å². The summed E-state index contributed by atoms with van der Waals surface area (Å²) in [5.74, 6) is 0.547. The Morgan fingerprint density at radius 2 is 1.77 bits per heavy atom. The van der Waals surface area contributed by atoms with Crippen LogP contribution < -0.4 is 15.5 Å². The van der Waals surface area contributed by atoms with E-state index in [4.69, 9.17) is 13.9 Å². The molecule has 1 aliphatic rings. The van der Waals surface area contributed by atoms with Gasteiger partial charge in [-0.1, -0.05) is 54.6 Å². The lowest BCUT2D eigenvalue weighted by atomic mass is 9.71. The van der Waals surface area contributed by atoms with E-state index in [1.54, 1.807) is 6.07 Å². The van der Waals surface area contributed by atoms with Crippen molar-refractivity contribution in [1.82, 2.24) is 10.3 Å². The molecule has 0 aliphatic heterocycles. The standard InChI is InChI=1S/C31H32N2O6/c1-30(2,3)39-29(36)33-31(15-7-16-31)22-12-10-20(11-13-22)24-25(35)23-14-17-32-28(37-19-18-34)27(23)38-26(24)21-8-5-4-6-9-21/h4-6,8-14,17,34H,7,15-16,18-19H2,1-3H3,(H,33,36). The summed E-state index contributed by atoms with van der Waals surface area (Å²) < 4.78 is 17.4. The number of ether oxygens (including phenoxy) is 2. The van der Waals surface area contributed by atoms with Gasteiger partial charge < -0.3 is 24.3 Å². The number of fused-ring (bicyclic) bond motifs is 1. The summed E-state index contributed by atoms with van der Waals surface area (Å²) in [6, 6.07) is 18.7. The number of nitrogens with zero attached hydrogens (tertiary/aromatic N) is 1. The molecule has 1 saturated carbocycles. The summed E-state index contributed by atoms with van der Waals surface area (Å²) in [6.45, 7) is 5.35. The van der Waals surface area contributed by atoms with Crippen molar-refractivity contribution in [3.63, 3.8) is 0 Å². The lowest BCUT2D eigenvalue weighted by Crippen LogP contribution is -2.52. The Morgan fingerprint density at radius 1 is 1.05 bits per heavy atom. The van der Waals surface area contributed by atoms with Crippen LogP contribution in [-0.2, 0) is 10.3 Å². The first-order valence-corrected chi connectivity index (χ1v) is 13.1. The highest BCUT2D eigenvalue weighted by molar-refractivity contribution is 5.90. The van der Waals surface area contributed by atoms with Crippen LogP contribution >= 0.6 is 0 Å². The van der Waals surface area contributed by atoms with E-state index in [1.165, 1.54) is 6.20 Å². The third kappa shape index (κ3) is 5.38. The van der Waals surface area contributed by atoms with E-state index < -0.39 is 17.2 Å². The van der Waals surface area contributed by atoms with E-state index in [1.807, 2.05) is 75.4 Å². The molecule has 1 aliphatic carbocycles. The Balaban J connectivity index is 1.58. The van der Waals surface area contributed by atoms with Crippen LogP contribution in [0.15, 0.2) is 76.1 Å². The van der Waals surface area contributed by atoms with E-state index in [9.17, 15) is 14.7 Å². The molecule has 2 N–H and O–H groups in total. The van der Waals surface area contributed by atoms with Crippen molar-refractivity contribution in [1.29, 1.82) is 0 Å². The predicted molar refractivity (Wildman–Crippen MR) is 149 cm³/mol. The number of aromatic nitrogens is 1. The number of carbonyl (C=O) groups is 1. The largest absolute Gasteiger partial charge is 0.473 e. The van der Waals surface area contributed by atoms with Gasteiger partial charge in [-0.2, -0.15) is 0 Å². The maximum Gasteiger partial charge on any atom is 0.408 e. The van der Waals surface area contributed by atoms with E-state index in [0.717, 1.165) is 30.4 Å². The highest BCUT2D eigenvalue weighted by atomic mass is 16.6. The maximum absolute atomic E-state index is 13.9. The highest BCUT2D eigenvalue weighted by Gasteiger charge is 2.41. The minimum absolute atomic E-state index is 0.0266. The maximum atomic E-state index is 13.9. The molecule has 0 atom stereocenters. The van der Waals surface area contributed by atoms with Crippen molar-refractivity contribution in [3.8, 4) is 28.3 Å². The van der Waals surface area contributed by atoms with Gasteiger partial charge in [0, 0.05) is 11.8 Å². The normalized spacial score (nSPS) is 14.5. The number of aliphatic hydroxyl groups is 1.